The molecule has 168 valence electrons. The lowest BCUT2D eigenvalue weighted by atomic mass is 10.1. The van der Waals surface area contributed by atoms with E-state index >= 15 is 0 Å². The summed E-state index contributed by atoms with van der Waals surface area (Å²) in [6.45, 7) is 9.36. The molecule has 0 saturated carbocycles. The highest BCUT2D eigenvalue weighted by atomic mass is 32.2. The molecule has 0 aromatic heterocycles. The van der Waals surface area contributed by atoms with E-state index in [0.29, 0.717) is 6.54 Å². The number of aryl methyl sites for hydroxylation is 1. The Morgan fingerprint density at radius 2 is 1.81 bits per heavy atom. The number of aliphatic hydroxyl groups is 1. The van der Waals surface area contributed by atoms with Crippen molar-refractivity contribution in [3.05, 3.63) is 64.7 Å². The smallest absolute Gasteiger partial charge is 0.191 e. The normalized spacial score (nSPS) is 15.8. The molecule has 0 amide bonds. The first kappa shape index (κ1) is 23.6. The van der Waals surface area contributed by atoms with Crippen LogP contribution in [0, 0.1) is 6.92 Å². The van der Waals surface area contributed by atoms with Crippen molar-refractivity contribution >= 4 is 17.7 Å². The quantitative estimate of drug-likeness (QED) is 0.330. The molecule has 0 unspecified atom stereocenters. The number of rotatable bonds is 8. The highest BCUT2D eigenvalue weighted by molar-refractivity contribution is 7.98. The molecule has 1 aliphatic heterocycles. The molecule has 0 aliphatic carbocycles. The van der Waals surface area contributed by atoms with E-state index in [1.807, 2.05) is 0 Å². The molecule has 3 rings (SSSR count). The fourth-order valence-corrected chi connectivity index (χ4v) is 4.48. The van der Waals surface area contributed by atoms with Crippen molar-refractivity contribution in [3.8, 4) is 0 Å². The summed E-state index contributed by atoms with van der Waals surface area (Å²) in [5, 5.41) is 16.5. The first-order valence-electron chi connectivity index (χ1n) is 11.2. The summed E-state index contributed by atoms with van der Waals surface area (Å²) < 4.78 is 0. The molecule has 1 aliphatic rings. The van der Waals surface area contributed by atoms with Crippen molar-refractivity contribution < 1.29 is 5.11 Å². The van der Waals surface area contributed by atoms with Crippen LogP contribution in [0.15, 0.2) is 52.4 Å². The molecule has 31 heavy (non-hydrogen) atoms. The van der Waals surface area contributed by atoms with Gasteiger partial charge in [-0.1, -0.05) is 36.4 Å². The van der Waals surface area contributed by atoms with Crippen LogP contribution in [0.3, 0.4) is 0 Å². The number of nitrogens with zero attached hydrogens (tertiary/aromatic N) is 2. The second-order valence-electron chi connectivity index (χ2n) is 8.19. The van der Waals surface area contributed by atoms with Gasteiger partial charge in [-0.25, -0.2) is 4.99 Å². The summed E-state index contributed by atoms with van der Waals surface area (Å²) in [7, 11) is 0. The molecule has 3 N–H and O–H groups in total. The molecule has 6 heteroatoms. The Bertz CT molecular complexity index is 845. The fourth-order valence-electron chi connectivity index (χ4n) is 3.77. The van der Waals surface area contributed by atoms with E-state index in [0.717, 1.165) is 51.5 Å². The van der Waals surface area contributed by atoms with Crippen molar-refractivity contribution in [2.24, 2.45) is 4.99 Å². The van der Waals surface area contributed by atoms with Gasteiger partial charge in [0.05, 0.1) is 12.6 Å². The summed E-state index contributed by atoms with van der Waals surface area (Å²) in [5.74, 6) is 0.839. The van der Waals surface area contributed by atoms with Crippen LogP contribution in [-0.4, -0.2) is 48.0 Å². The van der Waals surface area contributed by atoms with Gasteiger partial charge in [0, 0.05) is 37.6 Å². The van der Waals surface area contributed by atoms with Crippen LogP contribution in [0.25, 0.3) is 0 Å². The van der Waals surface area contributed by atoms with E-state index in [-0.39, 0.29) is 6.10 Å². The Morgan fingerprint density at radius 1 is 1.10 bits per heavy atom. The van der Waals surface area contributed by atoms with Crippen LogP contribution >= 0.6 is 11.8 Å². The molecule has 1 heterocycles. The maximum atomic E-state index is 9.66. The maximum absolute atomic E-state index is 9.66. The van der Waals surface area contributed by atoms with E-state index in [2.05, 4.69) is 78.1 Å². The Labute approximate surface area is 191 Å². The predicted octanol–water partition coefficient (Wildman–Crippen LogP) is 3.93. The number of hydrogen-bond acceptors (Lipinski definition) is 4. The Morgan fingerprint density at radius 3 is 2.48 bits per heavy atom. The van der Waals surface area contributed by atoms with Gasteiger partial charge in [0.2, 0.25) is 0 Å². The standard InChI is InChI=1S/C25H36N4OS/c1-4-26-25(28-17-22-10-5-19(2)15-24(22)31-3)27-16-20-6-8-21(9-7-20)18-29-13-11-23(30)12-14-29/h5-10,15,23,30H,4,11-14,16-18H2,1-3H3,(H2,26,27,28). The first-order valence-corrected chi connectivity index (χ1v) is 12.4. The highest BCUT2D eigenvalue weighted by Gasteiger charge is 2.16. The lowest BCUT2D eigenvalue weighted by Crippen LogP contribution is -2.36. The number of likely N-dealkylation sites (tertiary alicyclic amines) is 1. The van der Waals surface area contributed by atoms with Gasteiger partial charge in [0.15, 0.2) is 5.96 Å². The van der Waals surface area contributed by atoms with E-state index < -0.39 is 0 Å². The number of piperidine rings is 1. The van der Waals surface area contributed by atoms with Crippen molar-refractivity contribution in [1.29, 1.82) is 0 Å². The molecule has 2 aromatic carbocycles. The minimum absolute atomic E-state index is 0.116. The molecule has 2 aromatic rings. The van der Waals surface area contributed by atoms with Gasteiger partial charge in [-0.3, -0.25) is 4.90 Å². The summed E-state index contributed by atoms with van der Waals surface area (Å²) in [6, 6.07) is 15.3. The van der Waals surface area contributed by atoms with Crippen LogP contribution in [-0.2, 0) is 19.6 Å². The number of hydrogen-bond donors (Lipinski definition) is 3. The summed E-state index contributed by atoms with van der Waals surface area (Å²) in [5.41, 5.74) is 5.10. The molecule has 1 fully saturated rings. The van der Waals surface area contributed by atoms with E-state index in [1.54, 1.807) is 11.8 Å². The topological polar surface area (TPSA) is 59.9 Å². The van der Waals surface area contributed by atoms with E-state index in [1.165, 1.54) is 27.1 Å². The zero-order valence-corrected chi connectivity index (χ0v) is 19.8. The van der Waals surface area contributed by atoms with Gasteiger partial charge >= 0.3 is 0 Å². The third kappa shape index (κ3) is 7.56. The number of thioether (sulfide) groups is 1. The van der Waals surface area contributed by atoms with Gasteiger partial charge in [0.1, 0.15) is 0 Å². The fraction of sp³-hybridized carbons (Fsp3) is 0.480. The molecule has 5 nitrogen and oxygen atoms in total. The van der Waals surface area contributed by atoms with Crippen molar-refractivity contribution in [2.75, 3.05) is 25.9 Å². The van der Waals surface area contributed by atoms with E-state index in [9.17, 15) is 5.11 Å². The van der Waals surface area contributed by atoms with Gasteiger partial charge in [0.25, 0.3) is 0 Å². The minimum atomic E-state index is -0.116. The first-order chi connectivity index (χ1) is 15.1. The third-order valence-corrected chi connectivity index (χ3v) is 6.46. The van der Waals surface area contributed by atoms with Gasteiger partial charge in [-0.15, -0.1) is 11.8 Å². The second kappa shape index (κ2) is 12.1. The average Bonchev–Trinajstić information content (AvgIpc) is 2.78. The van der Waals surface area contributed by atoms with Gasteiger partial charge in [-0.05, 0) is 61.3 Å². The van der Waals surface area contributed by atoms with Crippen LogP contribution in [0.5, 0.6) is 0 Å². The van der Waals surface area contributed by atoms with Crippen molar-refractivity contribution in [1.82, 2.24) is 15.5 Å². The Balaban J connectivity index is 1.55. The third-order valence-electron chi connectivity index (χ3n) is 5.64. The molecule has 0 radical (unpaired) electrons. The minimum Gasteiger partial charge on any atom is -0.393 e. The Hall–Kier alpha value is -2.02. The highest BCUT2D eigenvalue weighted by Crippen LogP contribution is 2.21. The molecule has 1 saturated heterocycles. The number of nitrogens with one attached hydrogen (secondary N) is 2. The van der Waals surface area contributed by atoms with Crippen LogP contribution in [0.1, 0.15) is 42.0 Å². The number of guanidine groups is 1. The number of aliphatic imine (C=N–C) groups is 1. The second-order valence-corrected chi connectivity index (χ2v) is 9.04. The largest absolute Gasteiger partial charge is 0.393 e. The van der Waals surface area contributed by atoms with Crippen LogP contribution in [0.4, 0.5) is 0 Å². The average molecular weight is 441 g/mol. The SMILES string of the molecule is CCNC(=NCc1ccc(CN2CCC(O)CC2)cc1)NCc1ccc(C)cc1SC. The number of aliphatic hydroxyl groups excluding tert-OH is 1. The van der Waals surface area contributed by atoms with Crippen LogP contribution < -0.4 is 10.6 Å². The Kier molecular flexibility index (Phi) is 9.25. The summed E-state index contributed by atoms with van der Waals surface area (Å²) in [4.78, 5) is 8.50. The van der Waals surface area contributed by atoms with Crippen molar-refractivity contribution in [3.63, 3.8) is 0 Å². The number of benzene rings is 2. The molecule has 0 atom stereocenters. The lowest BCUT2D eigenvalue weighted by Gasteiger charge is -2.29. The summed E-state index contributed by atoms with van der Waals surface area (Å²) in [6.07, 6.45) is 3.77. The molecular formula is C25H36N4OS. The van der Waals surface area contributed by atoms with Crippen molar-refractivity contribution in [2.45, 2.75) is 57.3 Å². The summed E-state index contributed by atoms with van der Waals surface area (Å²) >= 11 is 1.78. The molecule has 0 bridgehead atoms. The van der Waals surface area contributed by atoms with Gasteiger partial charge < -0.3 is 15.7 Å². The van der Waals surface area contributed by atoms with E-state index in [4.69, 9.17) is 4.99 Å². The van der Waals surface area contributed by atoms with Gasteiger partial charge in [-0.2, -0.15) is 0 Å². The maximum Gasteiger partial charge on any atom is 0.191 e. The zero-order valence-electron chi connectivity index (χ0n) is 19.0. The molecular weight excluding hydrogens is 404 g/mol. The molecule has 0 spiro atoms. The lowest BCUT2D eigenvalue weighted by molar-refractivity contribution is 0.0792. The monoisotopic (exact) mass is 440 g/mol. The zero-order chi connectivity index (χ0) is 22.1. The predicted molar refractivity (Wildman–Crippen MR) is 132 cm³/mol. The van der Waals surface area contributed by atoms with Crippen LogP contribution in [0.2, 0.25) is 0 Å².